The number of anilines is 1. The number of nitrogens with zero attached hydrogens (tertiary/aromatic N) is 1. The van der Waals surface area contributed by atoms with Crippen molar-refractivity contribution >= 4 is 33.3 Å². The van der Waals surface area contributed by atoms with Crippen LogP contribution in [0.3, 0.4) is 0 Å². The van der Waals surface area contributed by atoms with Crippen molar-refractivity contribution in [3.8, 4) is 0 Å². The quantitative estimate of drug-likeness (QED) is 0.893. The second kappa shape index (κ2) is 3.61. The summed E-state index contributed by atoms with van der Waals surface area (Å²) in [4.78, 5) is 4.41. The van der Waals surface area contributed by atoms with Gasteiger partial charge in [-0.3, -0.25) is 0 Å². The Morgan fingerprint density at radius 1 is 1.69 bits per heavy atom. The predicted octanol–water partition coefficient (Wildman–Crippen LogP) is 3.98. The number of hydrogen-bond acceptors (Lipinski definition) is 2. The lowest BCUT2D eigenvalue weighted by Crippen LogP contribution is -2.13. The van der Waals surface area contributed by atoms with Crippen LogP contribution >= 0.6 is 27.5 Å². The Kier molecular flexibility index (Phi) is 2.44. The summed E-state index contributed by atoms with van der Waals surface area (Å²) in [6, 6.07) is 0. The van der Waals surface area contributed by atoms with Gasteiger partial charge in [0.25, 0.3) is 0 Å². The molecule has 2 nitrogen and oxygen atoms in total. The van der Waals surface area contributed by atoms with Crippen LogP contribution in [-0.2, 0) is 5.41 Å². The van der Waals surface area contributed by atoms with Crippen molar-refractivity contribution in [3.05, 3.63) is 21.3 Å². The first-order chi connectivity index (χ1) is 7.69. The van der Waals surface area contributed by atoms with Gasteiger partial charge in [-0.15, -0.1) is 0 Å². The van der Waals surface area contributed by atoms with Gasteiger partial charge in [0.2, 0.25) is 0 Å². The van der Waals surface area contributed by atoms with E-state index >= 15 is 0 Å². The maximum atomic E-state index is 6.40. The molecule has 0 bridgehead atoms. The molecule has 4 heteroatoms. The molecule has 86 valence electrons. The van der Waals surface area contributed by atoms with Crippen LogP contribution in [0.4, 0.5) is 5.82 Å². The molecule has 0 radical (unpaired) electrons. The minimum Gasteiger partial charge on any atom is -0.369 e. The normalized spacial score (nSPS) is 30.3. The van der Waals surface area contributed by atoms with E-state index in [1.165, 1.54) is 24.8 Å². The summed E-state index contributed by atoms with van der Waals surface area (Å²) in [7, 11) is 0. The molecule has 3 rings (SSSR count). The van der Waals surface area contributed by atoms with E-state index in [9.17, 15) is 0 Å². The number of aromatic nitrogens is 1. The third kappa shape index (κ3) is 1.34. The van der Waals surface area contributed by atoms with Gasteiger partial charge < -0.3 is 5.32 Å². The Morgan fingerprint density at radius 2 is 2.50 bits per heavy atom. The fourth-order valence-electron chi connectivity index (χ4n) is 3.01. The van der Waals surface area contributed by atoms with Crippen LogP contribution in [0, 0.1) is 5.92 Å². The summed E-state index contributed by atoms with van der Waals surface area (Å²) in [5.74, 6) is 1.78. The van der Waals surface area contributed by atoms with Crippen LogP contribution < -0.4 is 5.32 Å². The van der Waals surface area contributed by atoms with Crippen molar-refractivity contribution in [2.24, 2.45) is 5.92 Å². The second-order valence-electron chi connectivity index (χ2n) is 4.84. The zero-order valence-electron chi connectivity index (χ0n) is 9.19. The van der Waals surface area contributed by atoms with Crippen LogP contribution in [0.5, 0.6) is 0 Å². The highest BCUT2D eigenvalue weighted by Gasteiger charge is 2.59. The SMILES string of the molecule is CCCC1CC12CNc1ncc(Br)c(Cl)c12. The highest BCUT2D eigenvalue weighted by Crippen LogP contribution is 2.62. The van der Waals surface area contributed by atoms with Gasteiger partial charge in [-0.1, -0.05) is 24.9 Å². The molecule has 1 fully saturated rings. The second-order valence-corrected chi connectivity index (χ2v) is 6.08. The van der Waals surface area contributed by atoms with Crippen molar-refractivity contribution in [2.45, 2.75) is 31.6 Å². The summed E-state index contributed by atoms with van der Waals surface area (Å²) in [5.41, 5.74) is 1.54. The molecule has 2 heterocycles. The zero-order chi connectivity index (χ0) is 11.3. The van der Waals surface area contributed by atoms with Crippen molar-refractivity contribution in [1.82, 2.24) is 4.98 Å². The summed E-state index contributed by atoms with van der Waals surface area (Å²) >= 11 is 9.87. The van der Waals surface area contributed by atoms with Gasteiger partial charge in [0.15, 0.2) is 0 Å². The third-order valence-electron chi connectivity index (χ3n) is 3.91. The fourth-order valence-corrected chi connectivity index (χ4v) is 3.64. The van der Waals surface area contributed by atoms with Gasteiger partial charge in [0.1, 0.15) is 5.82 Å². The topological polar surface area (TPSA) is 24.9 Å². The molecule has 16 heavy (non-hydrogen) atoms. The molecule has 0 aromatic carbocycles. The third-order valence-corrected chi connectivity index (χ3v) is 5.13. The molecule has 1 spiro atoms. The summed E-state index contributed by atoms with van der Waals surface area (Å²) < 4.78 is 0.915. The van der Waals surface area contributed by atoms with Crippen molar-refractivity contribution in [1.29, 1.82) is 0 Å². The predicted molar refractivity (Wildman–Crippen MR) is 70.1 cm³/mol. The first kappa shape index (κ1) is 10.8. The van der Waals surface area contributed by atoms with Crippen LogP contribution in [-0.4, -0.2) is 11.5 Å². The first-order valence-electron chi connectivity index (χ1n) is 5.77. The molecule has 2 atom stereocenters. The molecule has 1 aliphatic heterocycles. The number of nitrogens with one attached hydrogen (secondary N) is 1. The van der Waals surface area contributed by atoms with Gasteiger partial charge in [-0.05, 0) is 34.7 Å². The van der Waals surface area contributed by atoms with Crippen molar-refractivity contribution in [3.63, 3.8) is 0 Å². The molecule has 1 N–H and O–H groups in total. The van der Waals surface area contributed by atoms with E-state index in [4.69, 9.17) is 11.6 Å². The number of fused-ring (bicyclic) bond motifs is 2. The number of hydrogen-bond donors (Lipinski definition) is 1. The van der Waals surface area contributed by atoms with Gasteiger partial charge in [-0.2, -0.15) is 0 Å². The Labute approximate surface area is 109 Å². The summed E-state index contributed by atoms with van der Waals surface area (Å²) in [6.45, 7) is 3.26. The molecule has 1 aromatic heterocycles. The maximum Gasteiger partial charge on any atom is 0.131 e. The molecular weight excluding hydrogens is 288 g/mol. The smallest absolute Gasteiger partial charge is 0.131 e. The average molecular weight is 302 g/mol. The molecule has 2 unspecified atom stereocenters. The lowest BCUT2D eigenvalue weighted by molar-refractivity contribution is 0.601. The fraction of sp³-hybridized carbons (Fsp3) is 0.583. The van der Waals surface area contributed by atoms with E-state index in [1.807, 2.05) is 0 Å². The highest BCUT2D eigenvalue weighted by atomic mass is 79.9. The maximum absolute atomic E-state index is 6.40. The molecular formula is C12H14BrClN2. The molecule has 1 saturated carbocycles. The monoisotopic (exact) mass is 300 g/mol. The Balaban J connectivity index is 2.03. The van der Waals surface area contributed by atoms with Crippen LogP contribution in [0.15, 0.2) is 10.7 Å². The molecule has 1 aliphatic carbocycles. The van der Waals surface area contributed by atoms with Crippen LogP contribution in [0.25, 0.3) is 0 Å². The number of rotatable bonds is 2. The van der Waals surface area contributed by atoms with E-state index in [0.717, 1.165) is 27.8 Å². The van der Waals surface area contributed by atoms with E-state index in [-0.39, 0.29) is 0 Å². The van der Waals surface area contributed by atoms with E-state index < -0.39 is 0 Å². The van der Waals surface area contributed by atoms with E-state index in [1.54, 1.807) is 6.20 Å². The summed E-state index contributed by atoms with van der Waals surface area (Å²) in [5, 5.41) is 4.25. The zero-order valence-corrected chi connectivity index (χ0v) is 11.5. The van der Waals surface area contributed by atoms with Gasteiger partial charge >= 0.3 is 0 Å². The van der Waals surface area contributed by atoms with Gasteiger partial charge in [0.05, 0.1) is 9.50 Å². The van der Waals surface area contributed by atoms with Gasteiger partial charge in [-0.25, -0.2) is 4.98 Å². The highest BCUT2D eigenvalue weighted by molar-refractivity contribution is 9.10. The molecule has 1 aromatic rings. The van der Waals surface area contributed by atoms with E-state index in [0.29, 0.717) is 5.41 Å². The Hall–Kier alpha value is -0.280. The molecule has 2 aliphatic rings. The Bertz CT molecular complexity index is 449. The molecule has 0 amide bonds. The van der Waals surface area contributed by atoms with Crippen LogP contribution in [0.1, 0.15) is 31.7 Å². The standard InChI is InChI=1S/C12H14BrClN2/c1-2-3-7-4-12(7)6-16-11-9(12)10(14)8(13)5-15-11/h5,7H,2-4,6H2,1H3,(H,15,16). The van der Waals surface area contributed by atoms with Crippen molar-refractivity contribution in [2.75, 3.05) is 11.9 Å². The largest absolute Gasteiger partial charge is 0.369 e. The summed E-state index contributed by atoms with van der Waals surface area (Å²) in [6.07, 6.45) is 5.59. The minimum atomic E-state index is 0.291. The van der Waals surface area contributed by atoms with Gasteiger partial charge in [0, 0.05) is 23.7 Å². The van der Waals surface area contributed by atoms with Crippen LogP contribution in [0.2, 0.25) is 5.02 Å². The Morgan fingerprint density at radius 3 is 3.25 bits per heavy atom. The number of halogens is 2. The van der Waals surface area contributed by atoms with Crippen molar-refractivity contribution < 1.29 is 0 Å². The lowest BCUT2D eigenvalue weighted by atomic mass is 9.95. The first-order valence-corrected chi connectivity index (χ1v) is 6.94. The minimum absolute atomic E-state index is 0.291. The lowest BCUT2D eigenvalue weighted by Gasteiger charge is -2.11. The molecule has 0 saturated heterocycles. The van der Waals surface area contributed by atoms with E-state index in [2.05, 4.69) is 33.2 Å². The average Bonchev–Trinajstić information content (AvgIpc) is 2.81. The number of pyridine rings is 1.